The van der Waals surface area contributed by atoms with Gasteiger partial charge >= 0.3 is 0 Å². The number of aliphatic hydroxyl groups is 1. The van der Waals surface area contributed by atoms with Crippen molar-refractivity contribution in [1.82, 2.24) is 4.90 Å². The van der Waals surface area contributed by atoms with E-state index in [1.165, 1.54) is 0 Å². The monoisotopic (exact) mass is 319 g/mol. The number of benzene rings is 1. The number of nitrogens with zero attached hydrogens (tertiary/aromatic N) is 1. The fourth-order valence-electron chi connectivity index (χ4n) is 2.82. The van der Waals surface area contributed by atoms with Crippen molar-refractivity contribution in [1.29, 1.82) is 0 Å². The molecule has 1 aliphatic rings. The minimum atomic E-state index is -0.487. The number of ether oxygens (including phenoxy) is 1. The Bertz CT molecular complexity index is 498. The van der Waals surface area contributed by atoms with Crippen LogP contribution in [0.3, 0.4) is 0 Å². The molecule has 0 bridgehead atoms. The van der Waals surface area contributed by atoms with Gasteiger partial charge < -0.3 is 14.7 Å². The Labute approximate surface area is 139 Å². The summed E-state index contributed by atoms with van der Waals surface area (Å²) < 4.78 is 5.15. The first kappa shape index (κ1) is 19.2. The highest BCUT2D eigenvalue weighted by molar-refractivity contribution is 5.79. The molecule has 4 heteroatoms. The van der Waals surface area contributed by atoms with Gasteiger partial charge in [-0.1, -0.05) is 32.1 Å². The molecule has 1 fully saturated rings. The normalized spacial score (nSPS) is 19.6. The highest BCUT2D eigenvalue weighted by atomic mass is 16.5. The zero-order valence-corrected chi connectivity index (χ0v) is 14.7. The quantitative estimate of drug-likeness (QED) is 0.816. The second-order valence-electron chi connectivity index (χ2n) is 5.55. The molecule has 1 aromatic carbocycles. The molecule has 0 saturated carbocycles. The molecule has 1 N–H and O–H groups in total. The van der Waals surface area contributed by atoms with Crippen molar-refractivity contribution in [3.63, 3.8) is 0 Å². The minimum Gasteiger partial charge on any atom is -0.497 e. The number of aliphatic hydroxyl groups excluding tert-OH is 1. The molecule has 1 aromatic rings. The van der Waals surface area contributed by atoms with Crippen LogP contribution < -0.4 is 4.74 Å². The van der Waals surface area contributed by atoms with Crippen LogP contribution in [-0.4, -0.2) is 35.7 Å². The maximum atomic E-state index is 12.2. The lowest BCUT2D eigenvalue weighted by atomic mass is 9.99. The van der Waals surface area contributed by atoms with Crippen LogP contribution in [0.5, 0.6) is 5.75 Å². The van der Waals surface area contributed by atoms with Gasteiger partial charge in [0.2, 0.25) is 5.91 Å². The topological polar surface area (TPSA) is 49.8 Å². The lowest BCUT2D eigenvalue weighted by molar-refractivity contribution is -0.129. The Morgan fingerprint density at radius 2 is 2.00 bits per heavy atom. The second-order valence-corrected chi connectivity index (χ2v) is 5.55. The first-order chi connectivity index (χ1) is 11.1. The van der Waals surface area contributed by atoms with E-state index in [1.807, 2.05) is 49.9 Å². The Hall–Kier alpha value is -1.81. The summed E-state index contributed by atoms with van der Waals surface area (Å²) in [6.07, 6.45) is 2.16. The Balaban J connectivity index is 0.00000127. The third-order valence-corrected chi connectivity index (χ3v) is 4.21. The number of rotatable bonds is 6. The van der Waals surface area contributed by atoms with Crippen molar-refractivity contribution in [3.8, 4) is 5.75 Å². The molecule has 4 nitrogen and oxygen atoms in total. The number of amides is 1. The maximum absolute atomic E-state index is 12.2. The summed E-state index contributed by atoms with van der Waals surface area (Å²) in [5.41, 5.74) is 1.07. The van der Waals surface area contributed by atoms with Crippen LogP contribution in [-0.2, 0) is 4.79 Å². The second kappa shape index (κ2) is 9.36. The Morgan fingerprint density at radius 1 is 1.39 bits per heavy atom. The summed E-state index contributed by atoms with van der Waals surface area (Å²) in [4.78, 5) is 14.0. The summed E-state index contributed by atoms with van der Waals surface area (Å²) >= 11 is 0. The summed E-state index contributed by atoms with van der Waals surface area (Å²) in [5, 5.41) is 10.0. The van der Waals surface area contributed by atoms with Crippen LogP contribution in [0.2, 0.25) is 0 Å². The average Bonchev–Trinajstić information content (AvgIpc) is 2.98. The molecule has 3 unspecified atom stereocenters. The van der Waals surface area contributed by atoms with Crippen LogP contribution >= 0.6 is 0 Å². The standard InChI is InChI=1S/C17H23NO3.C2H6/c1-4-5-16(19)14-10-17(20)18(11-14)12(2)13-6-8-15(21-3)9-7-13;1-2/h4,6-9,12,14,16,19H,1,5,10-11H2,2-3H3;1-2H3. The van der Waals surface area contributed by atoms with E-state index in [1.54, 1.807) is 13.2 Å². The summed E-state index contributed by atoms with van der Waals surface area (Å²) in [5.74, 6) is 0.903. The SMILES string of the molecule is C=CCC(O)C1CC(=O)N(C(C)c2ccc(OC)cc2)C1.CC. The van der Waals surface area contributed by atoms with Crippen LogP contribution in [0, 0.1) is 5.92 Å². The fraction of sp³-hybridized carbons (Fsp3) is 0.526. The first-order valence-electron chi connectivity index (χ1n) is 8.29. The zero-order valence-electron chi connectivity index (χ0n) is 14.7. The van der Waals surface area contributed by atoms with Gasteiger partial charge in [-0.2, -0.15) is 0 Å². The molecule has 0 aliphatic carbocycles. The van der Waals surface area contributed by atoms with E-state index >= 15 is 0 Å². The van der Waals surface area contributed by atoms with Gasteiger partial charge in [0, 0.05) is 18.9 Å². The molecule has 1 aliphatic heterocycles. The molecule has 3 atom stereocenters. The smallest absolute Gasteiger partial charge is 0.223 e. The third kappa shape index (κ3) is 4.83. The van der Waals surface area contributed by atoms with Crippen LogP contribution in [0.1, 0.15) is 45.2 Å². The van der Waals surface area contributed by atoms with Crippen LogP contribution in [0.25, 0.3) is 0 Å². The molecule has 0 aromatic heterocycles. The highest BCUT2D eigenvalue weighted by Gasteiger charge is 2.36. The van der Waals surface area contributed by atoms with Gasteiger partial charge in [0.15, 0.2) is 0 Å². The molecule has 1 saturated heterocycles. The number of carbonyl (C=O) groups is 1. The van der Waals surface area contributed by atoms with E-state index < -0.39 is 6.10 Å². The van der Waals surface area contributed by atoms with Crippen molar-refractivity contribution in [2.24, 2.45) is 5.92 Å². The van der Waals surface area contributed by atoms with Crippen LogP contribution in [0.15, 0.2) is 36.9 Å². The number of hydrogen-bond acceptors (Lipinski definition) is 3. The largest absolute Gasteiger partial charge is 0.497 e. The third-order valence-electron chi connectivity index (χ3n) is 4.21. The molecule has 1 heterocycles. The number of likely N-dealkylation sites (tertiary alicyclic amines) is 1. The van der Waals surface area contributed by atoms with Gasteiger partial charge in [-0.15, -0.1) is 6.58 Å². The van der Waals surface area contributed by atoms with Crippen molar-refractivity contribution in [2.75, 3.05) is 13.7 Å². The Kier molecular flexibility index (Phi) is 7.83. The molecule has 23 heavy (non-hydrogen) atoms. The van der Waals surface area contributed by atoms with Gasteiger partial charge in [-0.3, -0.25) is 4.79 Å². The molecule has 0 spiro atoms. The minimum absolute atomic E-state index is 0.00352. The average molecular weight is 319 g/mol. The molecular formula is C19H29NO3. The number of hydrogen-bond donors (Lipinski definition) is 1. The van der Waals surface area contributed by atoms with Crippen molar-refractivity contribution >= 4 is 5.91 Å². The predicted molar refractivity (Wildman–Crippen MR) is 93.4 cm³/mol. The van der Waals surface area contributed by atoms with Crippen molar-refractivity contribution in [3.05, 3.63) is 42.5 Å². The van der Waals surface area contributed by atoms with Gasteiger partial charge in [0.1, 0.15) is 5.75 Å². The summed E-state index contributed by atoms with van der Waals surface area (Å²) in [6.45, 7) is 10.3. The van der Waals surface area contributed by atoms with Gasteiger partial charge in [0.05, 0.1) is 19.3 Å². The van der Waals surface area contributed by atoms with Crippen molar-refractivity contribution in [2.45, 2.75) is 45.8 Å². The van der Waals surface area contributed by atoms with Crippen LogP contribution in [0.4, 0.5) is 0 Å². The van der Waals surface area contributed by atoms with Gasteiger partial charge in [0.25, 0.3) is 0 Å². The van der Waals surface area contributed by atoms with Gasteiger partial charge in [-0.05, 0) is 31.0 Å². The number of methoxy groups -OCH3 is 1. The molecule has 0 radical (unpaired) electrons. The van der Waals surface area contributed by atoms with E-state index in [0.29, 0.717) is 19.4 Å². The summed E-state index contributed by atoms with van der Waals surface area (Å²) in [6, 6.07) is 7.76. The molecular weight excluding hydrogens is 290 g/mol. The maximum Gasteiger partial charge on any atom is 0.223 e. The molecule has 2 rings (SSSR count). The zero-order chi connectivity index (χ0) is 17.4. The first-order valence-corrected chi connectivity index (χ1v) is 8.29. The molecule has 1 amide bonds. The Morgan fingerprint density at radius 3 is 2.52 bits per heavy atom. The van der Waals surface area contributed by atoms with Crippen molar-refractivity contribution < 1.29 is 14.6 Å². The van der Waals surface area contributed by atoms with E-state index in [0.717, 1.165) is 11.3 Å². The lowest BCUT2D eigenvalue weighted by Crippen LogP contribution is -2.30. The predicted octanol–water partition coefficient (Wildman–Crippen LogP) is 3.57. The fourth-order valence-corrected chi connectivity index (χ4v) is 2.82. The number of carbonyl (C=O) groups excluding carboxylic acids is 1. The van der Waals surface area contributed by atoms with E-state index in [4.69, 9.17) is 4.74 Å². The molecule has 128 valence electrons. The summed E-state index contributed by atoms with van der Waals surface area (Å²) in [7, 11) is 1.63. The van der Waals surface area contributed by atoms with E-state index in [9.17, 15) is 9.90 Å². The highest BCUT2D eigenvalue weighted by Crippen LogP contribution is 2.31. The van der Waals surface area contributed by atoms with Gasteiger partial charge in [-0.25, -0.2) is 0 Å². The van der Waals surface area contributed by atoms with E-state index in [-0.39, 0.29) is 17.9 Å². The lowest BCUT2D eigenvalue weighted by Gasteiger charge is -2.26. The van der Waals surface area contributed by atoms with E-state index in [2.05, 4.69) is 6.58 Å².